The van der Waals surface area contributed by atoms with Crippen LogP contribution in [0.1, 0.15) is 6.92 Å². The molecule has 1 amide bonds. The van der Waals surface area contributed by atoms with E-state index in [1.807, 2.05) is 12.1 Å². The highest BCUT2D eigenvalue weighted by molar-refractivity contribution is 9.10. The summed E-state index contributed by atoms with van der Waals surface area (Å²) in [6.07, 6.45) is -0.715. The first-order chi connectivity index (χ1) is 9.95. The second-order valence-corrected chi connectivity index (χ2v) is 5.65. The molecule has 0 fully saturated rings. The Balaban J connectivity index is 2.00. The Morgan fingerprint density at radius 2 is 1.95 bits per heavy atom. The summed E-state index contributed by atoms with van der Waals surface area (Å²) < 4.78 is 19.4. The predicted octanol–water partition coefficient (Wildman–Crippen LogP) is 4.65. The zero-order chi connectivity index (χ0) is 15.4. The number of rotatable bonds is 4. The lowest BCUT2D eigenvalue weighted by Gasteiger charge is -2.15. The van der Waals surface area contributed by atoms with Gasteiger partial charge in [0.1, 0.15) is 11.6 Å². The molecule has 21 heavy (non-hydrogen) atoms. The molecule has 0 radical (unpaired) electrons. The summed E-state index contributed by atoms with van der Waals surface area (Å²) in [4.78, 5) is 12.0. The summed E-state index contributed by atoms with van der Waals surface area (Å²) in [7, 11) is 0. The molecule has 1 atom stereocenters. The zero-order valence-electron chi connectivity index (χ0n) is 11.1. The molecule has 110 valence electrons. The van der Waals surface area contributed by atoms with E-state index < -0.39 is 11.9 Å². The summed E-state index contributed by atoms with van der Waals surface area (Å²) in [6.45, 7) is 1.62. The predicted molar refractivity (Wildman–Crippen MR) is 84.3 cm³/mol. The summed E-state index contributed by atoms with van der Waals surface area (Å²) in [5.41, 5.74) is 0.342. The number of benzene rings is 2. The highest BCUT2D eigenvalue weighted by Gasteiger charge is 2.16. The first-order valence-corrected chi connectivity index (χ1v) is 7.31. The van der Waals surface area contributed by atoms with Crippen molar-refractivity contribution in [3.05, 3.63) is 57.8 Å². The molecule has 0 aliphatic heterocycles. The molecule has 1 N–H and O–H groups in total. The Hall–Kier alpha value is -1.59. The smallest absolute Gasteiger partial charge is 0.265 e. The number of anilines is 1. The fraction of sp³-hybridized carbons (Fsp3) is 0.133. The van der Waals surface area contributed by atoms with Crippen LogP contribution in [0.25, 0.3) is 0 Å². The number of carbonyl (C=O) groups is 1. The van der Waals surface area contributed by atoms with E-state index in [0.29, 0.717) is 11.4 Å². The van der Waals surface area contributed by atoms with Gasteiger partial charge in [-0.2, -0.15) is 0 Å². The molecule has 3 nitrogen and oxygen atoms in total. The quantitative estimate of drug-likeness (QED) is 0.848. The van der Waals surface area contributed by atoms with Crippen LogP contribution in [-0.4, -0.2) is 12.0 Å². The summed E-state index contributed by atoms with van der Waals surface area (Å²) in [5, 5.41) is 2.74. The van der Waals surface area contributed by atoms with E-state index in [1.165, 1.54) is 12.1 Å². The zero-order valence-corrected chi connectivity index (χ0v) is 13.4. The minimum absolute atomic E-state index is 0.138. The molecule has 0 spiro atoms. The molecule has 0 heterocycles. The van der Waals surface area contributed by atoms with Gasteiger partial charge in [-0.3, -0.25) is 4.79 Å². The van der Waals surface area contributed by atoms with Crippen molar-refractivity contribution in [2.45, 2.75) is 13.0 Å². The highest BCUT2D eigenvalue weighted by Crippen LogP contribution is 2.23. The maximum atomic E-state index is 12.9. The number of nitrogens with one attached hydrogen (secondary N) is 1. The molecule has 0 saturated heterocycles. The Kier molecular flexibility index (Phi) is 5.20. The first-order valence-electron chi connectivity index (χ1n) is 6.14. The molecule has 0 aliphatic rings. The second-order valence-electron chi connectivity index (χ2n) is 4.33. The first kappa shape index (κ1) is 15.8. The highest BCUT2D eigenvalue weighted by atomic mass is 79.9. The number of halogens is 3. The molecule has 0 bridgehead atoms. The molecule has 0 saturated carbocycles. The molecule has 0 unspecified atom stereocenters. The van der Waals surface area contributed by atoms with Gasteiger partial charge in [-0.1, -0.05) is 27.5 Å². The fourth-order valence-electron chi connectivity index (χ4n) is 1.60. The minimum atomic E-state index is -0.715. The lowest BCUT2D eigenvalue weighted by molar-refractivity contribution is -0.122. The summed E-state index contributed by atoms with van der Waals surface area (Å²) in [6, 6.07) is 10.9. The van der Waals surface area contributed by atoms with Crippen molar-refractivity contribution in [1.82, 2.24) is 0 Å². The Bertz CT molecular complexity index is 649. The molecule has 0 aliphatic carbocycles. The van der Waals surface area contributed by atoms with Crippen LogP contribution >= 0.6 is 27.5 Å². The van der Waals surface area contributed by atoms with Gasteiger partial charge in [0.05, 0.1) is 10.7 Å². The average Bonchev–Trinajstić information content (AvgIpc) is 2.44. The van der Waals surface area contributed by atoms with E-state index >= 15 is 0 Å². The van der Waals surface area contributed by atoms with Crippen LogP contribution in [0.2, 0.25) is 5.02 Å². The Labute approximate surface area is 135 Å². The maximum Gasteiger partial charge on any atom is 0.265 e. The van der Waals surface area contributed by atoms with Gasteiger partial charge < -0.3 is 10.1 Å². The largest absolute Gasteiger partial charge is 0.481 e. The molecule has 2 aromatic rings. The van der Waals surface area contributed by atoms with Crippen molar-refractivity contribution in [3.63, 3.8) is 0 Å². The van der Waals surface area contributed by atoms with Crippen molar-refractivity contribution in [1.29, 1.82) is 0 Å². The van der Waals surface area contributed by atoms with Gasteiger partial charge in [0.15, 0.2) is 6.10 Å². The van der Waals surface area contributed by atoms with Crippen LogP contribution in [0.15, 0.2) is 46.9 Å². The molecule has 2 aromatic carbocycles. The van der Waals surface area contributed by atoms with Crippen LogP contribution in [0.5, 0.6) is 5.75 Å². The monoisotopic (exact) mass is 371 g/mol. The second kappa shape index (κ2) is 6.91. The number of hydrogen-bond acceptors (Lipinski definition) is 2. The summed E-state index contributed by atoms with van der Waals surface area (Å²) in [5.74, 6) is -0.255. The maximum absolute atomic E-state index is 12.9. The third-order valence-electron chi connectivity index (χ3n) is 2.68. The van der Waals surface area contributed by atoms with Crippen LogP contribution in [0, 0.1) is 5.82 Å². The van der Waals surface area contributed by atoms with Crippen molar-refractivity contribution in [3.8, 4) is 5.75 Å². The van der Waals surface area contributed by atoms with Crippen molar-refractivity contribution in [2.24, 2.45) is 0 Å². The number of carbonyl (C=O) groups excluding carboxylic acids is 1. The normalized spacial score (nSPS) is 11.8. The van der Waals surface area contributed by atoms with Gasteiger partial charge in [0.2, 0.25) is 0 Å². The van der Waals surface area contributed by atoms with Crippen LogP contribution in [0.3, 0.4) is 0 Å². The van der Waals surface area contributed by atoms with Crippen molar-refractivity contribution < 1.29 is 13.9 Å². The Morgan fingerprint density at radius 3 is 2.57 bits per heavy atom. The van der Waals surface area contributed by atoms with E-state index in [-0.39, 0.29) is 10.9 Å². The molecular formula is C15H12BrClFNO2. The third kappa shape index (κ3) is 4.44. The van der Waals surface area contributed by atoms with E-state index in [2.05, 4.69) is 21.2 Å². The molecule has 0 aromatic heterocycles. The molecular weight excluding hydrogens is 361 g/mol. The van der Waals surface area contributed by atoms with Crippen molar-refractivity contribution in [2.75, 3.05) is 5.32 Å². The van der Waals surface area contributed by atoms with Gasteiger partial charge in [-0.05, 0) is 49.4 Å². The van der Waals surface area contributed by atoms with Crippen LogP contribution in [0.4, 0.5) is 10.1 Å². The van der Waals surface area contributed by atoms with E-state index in [9.17, 15) is 9.18 Å². The van der Waals surface area contributed by atoms with Gasteiger partial charge in [-0.25, -0.2) is 4.39 Å². The Morgan fingerprint density at radius 1 is 1.29 bits per heavy atom. The minimum Gasteiger partial charge on any atom is -0.481 e. The van der Waals surface area contributed by atoms with E-state index in [1.54, 1.807) is 19.1 Å². The topological polar surface area (TPSA) is 38.3 Å². The molecule has 2 rings (SSSR count). The number of ether oxygens (including phenoxy) is 1. The third-order valence-corrected chi connectivity index (χ3v) is 3.53. The van der Waals surface area contributed by atoms with Crippen LogP contribution < -0.4 is 10.1 Å². The lowest BCUT2D eigenvalue weighted by atomic mass is 10.3. The SMILES string of the molecule is C[C@H](Oc1ccc(Br)cc1)C(=O)Nc1ccc(F)cc1Cl. The average molecular weight is 373 g/mol. The van der Waals surface area contributed by atoms with Gasteiger partial charge >= 0.3 is 0 Å². The van der Waals surface area contributed by atoms with Crippen LogP contribution in [-0.2, 0) is 4.79 Å². The molecule has 6 heteroatoms. The standard InChI is InChI=1S/C15H12BrClFNO2/c1-9(21-12-5-2-10(16)3-6-12)15(20)19-14-7-4-11(18)8-13(14)17/h2-9H,1H3,(H,19,20)/t9-/m0/s1. The lowest BCUT2D eigenvalue weighted by Crippen LogP contribution is -2.30. The fourth-order valence-corrected chi connectivity index (χ4v) is 2.07. The van der Waals surface area contributed by atoms with E-state index in [4.69, 9.17) is 16.3 Å². The summed E-state index contributed by atoms with van der Waals surface area (Å²) >= 11 is 9.17. The van der Waals surface area contributed by atoms with Gasteiger partial charge in [-0.15, -0.1) is 0 Å². The van der Waals surface area contributed by atoms with E-state index in [0.717, 1.165) is 10.5 Å². The van der Waals surface area contributed by atoms with Gasteiger partial charge in [0.25, 0.3) is 5.91 Å². The number of amides is 1. The van der Waals surface area contributed by atoms with Gasteiger partial charge in [0, 0.05) is 4.47 Å². The van der Waals surface area contributed by atoms with Crippen molar-refractivity contribution >= 4 is 39.1 Å². The number of hydrogen-bond donors (Lipinski definition) is 1.